The van der Waals surface area contributed by atoms with Gasteiger partial charge in [0.05, 0.1) is 38.4 Å². The molecule has 7 heteroatoms. The van der Waals surface area contributed by atoms with Crippen molar-refractivity contribution in [2.24, 2.45) is 0 Å². The molecule has 0 aliphatic carbocycles. The van der Waals surface area contributed by atoms with E-state index >= 15 is 0 Å². The van der Waals surface area contributed by atoms with Crippen LogP contribution in [0.2, 0.25) is 5.02 Å². The second kappa shape index (κ2) is 8.52. The lowest BCUT2D eigenvalue weighted by atomic mass is 10.1. The Kier molecular flexibility index (Phi) is 5.57. The summed E-state index contributed by atoms with van der Waals surface area (Å²) in [5, 5.41) is 0.612. The van der Waals surface area contributed by atoms with Gasteiger partial charge in [-0.15, -0.1) is 0 Å². The summed E-state index contributed by atoms with van der Waals surface area (Å²) in [6.07, 6.45) is 1.99. The molecule has 2 aliphatic rings. The van der Waals surface area contributed by atoms with Crippen molar-refractivity contribution in [1.82, 2.24) is 4.90 Å². The summed E-state index contributed by atoms with van der Waals surface area (Å²) in [4.78, 5) is 31.1. The topological polar surface area (TPSA) is 57.7 Å². The average molecular weight is 465 g/mol. The zero-order valence-corrected chi connectivity index (χ0v) is 18.9. The molecule has 0 saturated carbocycles. The zero-order chi connectivity index (χ0) is 22.2. The molecule has 1 fully saturated rings. The summed E-state index contributed by atoms with van der Waals surface area (Å²) < 4.78 is 13.5. The van der Waals surface area contributed by atoms with Gasteiger partial charge in [0.2, 0.25) is 0 Å². The third-order valence-electron chi connectivity index (χ3n) is 5.91. The maximum Gasteiger partial charge on any atom is 0.259 e. The van der Waals surface area contributed by atoms with Crippen molar-refractivity contribution in [2.45, 2.75) is 29.2 Å². The Bertz CT molecular complexity index is 1240. The summed E-state index contributed by atoms with van der Waals surface area (Å²) in [5.41, 5.74) is 2.30. The number of carbonyl (C=O) groups excluding carboxylic acids is 2. The van der Waals surface area contributed by atoms with Crippen molar-refractivity contribution in [3.8, 4) is 0 Å². The van der Waals surface area contributed by atoms with Crippen LogP contribution in [0.25, 0.3) is 0 Å². The van der Waals surface area contributed by atoms with Crippen LogP contribution >= 0.6 is 11.6 Å². The van der Waals surface area contributed by atoms with Gasteiger partial charge in [-0.05, 0) is 60.9 Å². The van der Waals surface area contributed by atoms with E-state index in [-0.39, 0.29) is 18.4 Å². The predicted octanol–water partition coefficient (Wildman–Crippen LogP) is 4.90. The standard InChI is InChI=1S/C25H21ClN2O3S/c26-19-10-7-17(8-11-19)16-28-21-15-18(24(29)27-13-3-4-14-27)9-12-23(21)32(31)22-6-2-1-5-20(22)25(28)30/h1-2,5-12,15H,3-4,13-14,16H2. The van der Waals surface area contributed by atoms with E-state index in [9.17, 15) is 13.8 Å². The number of nitrogens with zero attached hydrogens (tertiary/aromatic N) is 2. The molecule has 0 bridgehead atoms. The molecule has 0 N–H and O–H groups in total. The van der Waals surface area contributed by atoms with E-state index in [1.807, 2.05) is 17.0 Å². The molecule has 5 nitrogen and oxygen atoms in total. The first-order valence-electron chi connectivity index (χ1n) is 10.5. The first kappa shape index (κ1) is 20.9. The molecule has 3 aromatic carbocycles. The van der Waals surface area contributed by atoms with Gasteiger partial charge in [0.25, 0.3) is 11.8 Å². The van der Waals surface area contributed by atoms with Gasteiger partial charge in [0.15, 0.2) is 0 Å². The largest absolute Gasteiger partial charge is 0.339 e. The second-order valence-electron chi connectivity index (χ2n) is 7.96. The molecule has 0 spiro atoms. The number of benzene rings is 3. The lowest BCUT2D eigenvalue weighted by Crippen LogP contribution is -2.31. The predicted molar refractivity (Wildman–Crippen MR) is 125 cm³/mol. The highest BCUT2D eigenvalue weighted by Gasteiger charge is 2.32. The fourth-order valence-electron chi connectivity index (χ4n) is 4.23. The monoisotopic (exact) mass is 464 g/mol. The van der Waals surface area contributed by atoms with Gasteiger partial charge in [0, 0.05) is 23.7 Å². The van der Waals surface area contributed by atoms with E-state index in [4.69, 9.17) is 11.6 Å². The molecule has 0 radical (unpaired) electrons. The second-order valence-corrected chi connectivity index (χ2v) is 9.82. The summed E-state index contributed by atoms with van der Waals surface area (Å²) >= 11 is 6.03. The Labute approximate surface area is 194 Å². The molecule has 1 saturated heterocycles. The molecular weight excluding hydrogens is 444 g/mol. The summed E-state index contributed by atoms with van der Waals surface area (Å²) in [6, 6.07) is 19.4. The Morgan fingerprint density at radius 3 is 2.41 bits per heavy atom. The van der Waals surface area contributed by atoms with Crippen LogP contribution in [0.3, 0.4) is 0 Å². The van der Waals surface area contributed by atoms with Crippen molar-refractivity contribution in [3.05, 3.63) is 88.4 Å². The van der Waals surface area contributed by atoms with Crippen LogP contribution in [-0.4, -0.2) is 34.0 Å². The van der Waals surface area contributed by atoms with Crippen molar-refractivity contribution >= 4 is 39.9 Å². The number of hydrogen-bond donors (Lipinski definition) is 0. The first-order chi connectivity index (χ1) is 15.5. The van der Waals surface area contributed by atoms with Gasteiger partial charge in [-0.2, -0.15) is 0 Å². The Morgan fingerprint density at radius 1 is 0.938 bits per heavy atom. The number of rotatable bonds is 3. The third kappa shape index (κ3) is 3.74. The maximum absolute atomic E-state index is 13.6. The van der Waals surface area contributed by atoms with E-state index in [1.165, 1.54) is 0 Å². The molecule has 2 aliphatic heterocycles. The fraction of sp³-hybridized carbons (Fsp3) is 0.200. The van der Waals surface area contributed by atoms with Crippen LogP contribution in [0.5, 0.6) is 0 Å². The molecule has 1 atom stereocenters. The smallest absolute Gasteiger partial charge is 0.259 e. The van der Waals surface area contributed by atoms with E-state index in [0.29, 0.717) is 31.6 Å². The number of likely N-dealkylation sites (tertiary alicyclic amines) is 1. The summed E-state index contributed by atoms with van der Waals surface area (Å²) in [6.45, 7) is 1.75. The van der Waals surface area contributed by atoms with Crippen LogP contribution in [0.15, 0.2) is 76.5 Å². The van der Waals surface area contributed by atoms with Gasteiger partial charge in [-0.1, -0.05) is 35.9 Å². The lowest BCUT2D eigenvalue weighted by Gasteiger charge is -2.24. The first-order valence-corrected chi connectivity index (χ1v) is 12.1. The normalized spacial score (nSPS) is 17.7. The van der Waals surface area contributed by atoms with Gasteiger partial charge < -0.3 is 9.80 Å². The summed E-state index contributed by atoms with van der Waals surface area (Å²) in [7, 11) is -1.54. The molecule has 2 amide bonds. The Hall–Kier alpha value is -2.96. The number of hydrogen-bond acceptors (Lipinski definition) is 3. The molecule has 1 unspecified atom stereocenters. The van der Waals surface area contributed by atoms with Crippen molar-refractivity contribution in [2.75, 3.05) is 18.0 Å². The van der Waals surface area contributed by atoms with Crippen molar-refractivity contribution in [1.29, 1.82) is 0 Å². The highest BCUT2D eigenvalue weighted by Crippen LogP contribution is 2.36. The molecule has 162 valence electrons. The van der Waals surface area contributed by atoms with E-state index in [1.54, 1.807) is 59.5 Å². The number of halogens is 1. The van der Waals surface area contributed by atoms with Crippen LogP contribution in [-0.2, 0) is 17.3 Å². The SMILES string of the molecule is O=C(c1ccc2c(c1)N(Cc1ccc(Cl)cc1)C(=O)c1ccccc1S2=O)N1CCCC1. The van der Waals surface area contributed by atoms with Gasteiger partial charge in [0.1, 0.15) is 0 Å². The average Bonchev–Trinajstić information content (AvgIpc) is 3.35. The minimum absolute atomic E-state index is 0.0586. The van der Waals surface area contributed by atoms with Gasteiger partial charge >= 0.3 is 0 Å². The Balaban J connectivity index is 1.64. The quantitative estimate of drug-likeness (QED) is 0.553. The lowest BCUT2D eigenvalue weighted by molar-refractivity contribution is 0.0792. The number of anilines is 1. The molecule has 32 heavy (non-hydrogen) atoms. The zero-order valence-electron chi connectivity index (χ0n) is 17.3. The van der Waals surface area contributed by atoms with Gasteiger partial charge in [-0.25, -0.2) is 4.21 Å². The van der Waals surface area contributed by atoms with E-state index in [0.717, 1.165) is 31.5 Å². The maximum atomic E-state index is 13.6. The highest BCUT2D eigenvalue weighted by molar-refractivity contribution is 7.85. The fourth-order valence-corrected chi connectivity index (χ4v) is 5.70. The molecule has 0 aromatic heterocycles. The third-order valence-corrected chi connectivity index (χ3v) is 7.66. The highest BCUT2D eigenvalue weighted by atomic mass is 35.5. The molecule has 3 aromatic rings. The molecule has 5 rings (SSSR count). The van der Waals surface area contributed by atoms with Gasteiger partial charge in [-0.3, -0.25) is 9.59 Å². The number of amides is 2. The Morgan fingerprint density at radius 2 is 1.66 bits per heavy atom. The van der Waals surface area contributed by atoms with E-state index < -0.39 is 10.8 Å². The number of fused-ring (bicyclic) bond motifs is 2. The molecule has 2 heterocycles. The van der Waals surface area contributed by atoms with Crippen LogP contribution < -0.4 is 4.90 Å². The molecular formula is C25H21ClN2O3S. The minimum Gasteiger partial charge on any atom is -0.339 e. The minimum atomic E-state index is -1.54. The number of carbonyl (C=O) groups is 2. The van der Waals surface area contributed by atoms with E-state index in [2.05, 4.69) is 0 Å². The van der Waals surface area contributed by atoms with Crippen molar-refractivity contribution < 1.29 is 13.8 Å². The van der Waals surface area contributed by atoms with Crippen molar-refractivity contribution in [3.63, 3.8) is 0 Å². The van der Waals surface area contributed by atoms with Crippen LogP contribution in [0, 0.1) is 0 Å². The van der Waals surface area contributed by atoms with Crippen LogP contribution in [0.1, 0.15) is 39.1 Å². The van der Waals surface area contributed by atoms with Crippen LogP contribution in [0.4, 0.5) is 5.69 Å². The summed E-state index contributed by atoms with van der Waals surface area (Å²) in [5.74, 6) is -0.301.